The van der Waals surface area contributed by atoms with Gasteiger partial charge in [-0.1, -0.05) is 35.8 Å². The monoisotopic (exact) mass is 608 g/mol. The Morgan fingerprint density at radius 1 is 1.05 bits per heavy atom. The third-order valence-electron chi connectivity index (χ3n) is 6.57. The minimum absolute atomic E-state index is 0.0923. The van der Waals surface area contributed by atoms with E-state index in [-0.39, 0.29) is 34.1 Å². The molecule has 1 aliphatic heterocycles. The van der Waals surface area contributed by atoms with Crippen molar-refractivity contribution in [1.29, 1.82) is 0 Å². The summed E-state index contributed by atoms with van der Waals surface area (Å²) in [6.45, 7) is 3.63. The molecule has 3 amide bonds. The third kappa shape index (κ3) is 5.29. The number of carbonyl (C=O) groups is 2. The van der Waals surface area contributed by atoms with Gasteiger partial charge in [-0.05, 0) is 23.8 Å². The molecule has 0 saturated heterocycles. The molecule has 5 rings (SSSR count). The van der Waals surface area contributed by atoms with Crippen LogP contribution in [0, 0.1) is 0 Å². The Hall–Kier alpha value is -4.81. The van der Waals surface area contributed by atoms with Crippen molar-refractivity contribution in [2.24, 2.45) is 7.05 Å². The lowest BCUT2D eigenvalue weighted by atomic mass is 10.1. The van der Waals surface area contributed by atoms with E-state index in [2.05, 4.69) is 32.3 Å². The van der Waals surface area contributed by atoms with Crippen molar-refractivity contribution in [2.75, 3.05) is 41.7 Å². The molecule has 0 saturated carbocycles. The van der Waals surface area contributed by atoms with Crippen LogP contribution in [0.15, 0.2) is 55.5 Å². The van der Waals surface area contributed by atoms with E-state index in [1.54, 1.807) is 36.3 Å². The van der Waals surface area contributed by atoms with Crippen molar-refractivity contribution < 1.29 is 19.1 Å². The zero-order valence-electron chi connectivity index (χ0n) is 23.1. The number of ether oxygens (including phenoxy) is 2. The van der Waals surface area contributed by atoms with Crippen molar-refractivity contribution in [2.45, 2.75) is 6.54 Å². The zero-order chi connectivity index (χ0) is 30.1. The molecular formula is C28H26Cl2N8O4. The van der Waals surface area contributed by atoms with E-state index in [4.69, 9.17) is 32.7 Å². The number of hydrogen-bond donors (Lipinski definition) is 2. The highest BCUT2D eigenvalue weighted by Crippen LogP contribution is 2.47. The van der Waals surface area contributed by atoms with Crippen LogP contribution >= 0.6 is 23.2 Å². The van der Waals surface area contributed by atoms with Gasteiger partial charge in [0.15, 0.2) is 0 Å². The average Bonchev–Trinajstić information content (AvgIpc) is 3.43. The molecule has 1 aliphatic rings. The quantitative estimate of drug-likeness (QED) is 0.246. The lowest BCUT2D eigenvalue weighted by Crippen LogP contribution is -2.46. The standard InChI is InChI=1S/C28H26Cl2N8O4/c1-6-22(39)33-19-9-15(16-12-32-36(2)13-16)7-8-18(19)34-27-31-11-17-14-38(28(40)37(3)26(17)35-27)25-23(29)20(41-4)10-21(42-5)24(25)30/h6-13H,1,14H2,2-5H3,(H,33,39)(H,31,34,35). The molecule has 0 fully saturated rings. The second kappa shape index (κ2) is 11.6. The number of hydrogen-bond acceptors (Lipinski definition) is 8. The number of carbonyl (C=O) groups excluding carboxylic acids is 2. The lowest BCUT2D eigenvalue weighted by molar-refractivity contribution is -0.111. The van der Waals surface area contributed by atoms with E-state index in [1.807, 2.05) is 25.4 Å². The van der Waals surface area contributed by atoms with Gasteiger partial charge in [0.25, 0.3) is 0 Å². The summed E-state index contributed by atoms with van der Waals surface area (Å²) in [7, 11) is 6.33. The second-order valence-corrected chi connectivity index (χ2v) is 9.97. The summed E-state index contributed by atoms with van der Waals surface area (Å²) in [5.41, 5.74) is 3.62. The Morgan fingerprint density at radius 3 is 2.38 bits per heavy atom. The molecule has 0 unspecified atom stereocenters. The summed E-state index contributed by atoms with van der Waals surface area (Å²) >= 11 is 13.2. The fraction of sp³-hybridized carbons (Fsp3) is 0.179. The molecule has 12 nitrogen and oxygen atoms in total. The smallest absolute Gasteiger partial charge is 0.330 e. The first kappa shape index (κ1) is 28.7. The topological polar surface area (TPSA) is 127 Å². The van der Waals surface area contributed by atoms with Gasteiger partial charge >= 0.3 is 6.03 Å². The van der Waals surface area contributed by atoms with Gasteiger partial charge < -0.3 is 20.1 Å². The molecule has 3 heterocycles. The molecule has 2 aromatic carbocycles. The average molecular weight is 609 g/mol. The van der Waals surface area contributed by atoms with Gasteiger partial charge in [0.05, 0.1) is 44.0 Å². The summed E-state index contributed by atoms with van der Waals surface area (Å²) in [5, 5.41) is 10.5. The van der Waals surface area contributed by atoms with Crippen molar-refractivity contribution in [3.05, 3.63) is 71.1 Å². The van der Waals surface area contributed by atoms with Gasteiger partial charge in [0.1, 0.15) is 27.4 Å². The Kier molecular flexibility index (Phi) is 7.92. The second-order valence-electron chi connectivity index (χ2n) is 9.21. The highest BCUT2D eigenvalue weighted by Gasteiger charge is 2.35. The largest absolute Gasteiger partial charge is 0.495 e. The number of fused-ring (bicyclic) bond motifs is 1. The first-order chi connectivity index (χ1) is 20.1. The Labute approximate surface area is 251 Å². The number of methoxy groups -OCH3 is 2. The number of aromatic nitrogens is 4. The first-order valence-electron chi connectivity index (χ1n) is 12.5. The molecular weight excluding hydrogens is 583 g/mol. The molecule has 0 radical (unpaired) electrons. The molecule has 0 atom stereocenters. The Balaban J connectivity index is 1.48. The number of nitrogens with one attached hydrogen (secondary N) is 2. The van der Waals surface area contributed by atoms with Gasteiger partial charge in [-0.3, -0.25) is 19.3 Å². The molecule has 216 valence electrons. The fourth-order valence-corrected chi connectivity index (χ4v) is 5.17. The minimum Gasteiger partial charge on any atom is -0.495 e. The maximum Gasteiger partial charge on any atom is 0.330 e. The number of nitrogens with zero attached hydrogens (tertiary/aromatic N) is 6. The molecule has 0 bridgehead atoms. The van der Waals surface area contributed by atoms with Crippen molar-refractivity contribution in [1.82, 2.24) is 19.7 Å². The SMILES string of the molecule is C=CC(=O)Nc1cc(-c2cnn(C)c2)ccc1Nc1ncc2c(n1)N(C)C(=O)N(c1c(Cl)c(OC)cc(OC)c1Cl)C2. The van der Waals surface area contributed by atoms with Gasteiger partial charge in [-0.15, -0.1) is 0 Å². The maximum absolute atomic E-state index is 13.6. The number of aryl methyl sites for hydroxylation is 1. The summed E-state index contributed by atoms with van der Waals surface area (Å²) in [4.78, 5) is 37.6. The summed E-state index contributed by atoms with van der Waals surface area (Å²) < 4.78 is 12.4. The lowest BCUT2D eigenvalue weighted by Gasteiger charge is -2.35. The number of urea groups is 1. The normalized spacial score (nSPS) is 12.6. The fourth-order valence-electron chi connectivity index (χ4n) is 4.46. The van der Waals surface area contributed by atoms with E-state index in [0.29, 0.717) is 34.3 Å². The van der Waals surface area contributed by atoms with Gasteiger partial charge in [0, 0.05) is 43.7 Å². The highest BCUT2D eigenvalue weighted by atomic mass is 35.5. The zero-order valence-corrected chi connectivity index (χ0v) is 24.6. The van der Waals surface area contributed by atoms with E-state index < -0.39 is 6.03 Å². The van der Waals surface area contributed by atoms with Crippen LogP contribution in [0.2, 0.25) is 10.0 Å². The van der Waals surface area contributed by atoms with E-state index >= 15 is 0 Å². The van der Waals surface area contributed by atoms with Crippen LogP contribution in [0.3, 0.4) is 0 Å². The molecule has 0 spiro atoms. The molecule has 4 aromatic rings. The summed E-state index contributed by atoms with van der Waals surface area (Å²) in [6, 6.07) is 6.61. The summed E-state index contributed by atoms with van der Waals surface area (Å²) in [6.07, 6.45) is 6.38. The maximum atomic E-state index is 13.6. The van der Waals surface area contributed by atoms with Crippen LogP contribution in [-0.2, 0) is 18.4 Å². The van der Waals surface area contributed by atoms with E-state index in [9.17, 15) is 9.59 Å². The molecule has 0 aliphatic carbocycles. The van der Waals surface area contributed by atoms with E-state index in [1.165, 1.54) is 30.1 Å². The van der Waals surface area contributed by atoms with Crippen LogP contribution in [0.4, 0.5) is 33.6 Å². The van der Waals surface area contributed by atoms with Crippen LogP contribution in [0.1, 0.15) is 5.56 Å². The number of benzene rings is 2. The van der Waals surface area contributed by atoms with Crippen molar-refractivity contribution in [3.8, 4) is 22.6 Å². The molecule has 2 aromatic heterocycles. The predicted molar refractivity (Wildman–Crippen MR) is 162 cm³/mol. The third-order valence-corrected chi connectivity index (χ3v) is 7.30. The van der Waals surface area contributed by atoms with Crippen LogP contribution < -0.4 is 29.9 Å². The van der Waals surface area contributed by atoms with Crippen molar-refractivity contribution >= 4 is 64.0 Å². The minimum atomic E-state index is -0.425. The van der Waals surface area contributed by atoms with Crippen LogP contribution in [0.25, 0.3) is 11.1 Å². The molecule has 14 heteroatoms. The van der Waals surface area contributed by atoms with E-state index in [0.717, 1.165) is 11.1 Å². The summed E-state index contributed by atoms with van der Waals surface area (Å²) in [5.74, 6) is 0.825. The first-order valence-corrected chi connectivity index (χ1v) is 13.2. The number of amides is 3. The number of rotatable bonds is 8. The Morgan fingerprint density at radius 2 is 1.76 bits per heavy atom. The Bertz CT molecular complexity index is 1700. The van der Waals surface area contributed by atoms with Gasteiger partial charge in [-0.2, -0.15) is 10.1 Å². The van der Waals surface area contributed by atoms with Gasteiger partial charge in [-0.25, -0.2) is 9.78 Å². The van der Waals surface area contributed by atoms with Crippen LogP contribution in [0.5, 0.6) is 11.5 Å². The molecule has 2 N–H and O–H groups in total. The van der Waals surface area contributed by atoms with Gasteiger partial charge in [0.2, 0.25) is 11.9 Å². The van der Waals surface area contributed by atoms with Crippen LogP contribution in [-0.4, -0.2) is 53.0 Å². The predicted octanol–water partition coefficient (Wildman–Crippen LogP) is 5.65. The molecule has 42 heavy (non-hydrogen) atoms. The number of halogens is 2. The van der Waals surface area contributed by atoms with Crippen molar-refractivity contribution in [3.63, 3.8) is 0 Å². The highest BCUT2D eigenvalue weighted by molar-refractivity contribution is 6.42. The number of anilines is 5.